The fourth-order valence-corrected chi connectivity index (χ4v) is 3.67. The van der Waals surface area contributed by atoms with Gasteiger partial charge in [-0.1, -0.05) is 42.6 Å². The molecular weight excluding hydrogens is 376 g/mol. The molecule has 27 heavy (non-hydrogen) atoms. The summed E-state index contributed by atoms with van der Waals surface area (Å²) in [5.74, 6) is -2.22. The van der Waals surface area contributed by atoms with E-state index < -0.39 is 35.5 Å². The minimum Gasteiger partial charge on any atom is -0.455 e. The third-order valence-electron chi connectivity index (χ3n) is 4.78. The topological polar surface area (TPSA) is 55.4 Å². The summed E-state index contributed by atoms with van der Waals surface area (Å²) in [5, 5.41) is 2.49. The van der Waals surface area contributed by atoms with Crippen molar-refractivity contribution in [3.05, 3.63) is 64.7 Å². The number of amides is 1. The molecular formula is C20H18ClF2NO3. The van der Waals surface area contributed by atoms with Gasteiger partial charge in [-0.15, -0.1) is 0 Å². The van der Waals surface area contributed by atoms with Gasteiger partial charge in [0.25, 0.3) is 5.91 Å². The monoisotopic (exact) mass is 393 g/mol. The predicted octanol–water partition coefficient (Wildman–Crippen LogP) is 4.61. The van der Waals surface area contributed by atoms with Crippen LogP contribution in [0.25, 0.3) is 0 Å². The first-order chi connectivity index (χ1) is 12.9. The Hall–Kier alpha value is -2.47. The number of hydrogen-bond donors (Lipinski definition) is 1. The summed E-state index contributed by atoms with van der Waals surface area (Å²) in [7, 11) is 0. The summed E-state index contributed by atoms with van der Waals surface area (Å²) in [5.41, 5.74) is -0.558. The van der Waals surface area contributed by atoms with Crippen LogP contribution >= 0.6 is 11.6 Å². The highest BCUT2D eigenvalue weighted by atomic mass is 35.5. The van der Waals surface area contributed by atoms with E-state index in [2.05, 4.69) is 5.32 Å². The minimum absolute atomic E-state index is 0.0355. The SMILES string of the molecule is O=C(COC(=O)C1(c2ccccc2F)CCCC1)Nc1ccc(F)cc1Cl. The zero-order chi connectivity index (χ0) is 19.4. The van der Waals surface area contributed by atoms with Crippen LogP contribution in [0.4, 0.5) is 14.5 Å². The number of nitrogens with one attached hydrogen (secondary N) is 1. The van der Waals surface area contributed by atoms with Gasteiger partial charge in [-0.2, -0.15) is 0 Å². The smallest absolute Gasteiger partial charge is 0.317 e. The molecule has 2 aromatic rings. The van der Waals surface area contributed by atoms with Gasteiger partial charge in [0.15, 0.2) is 6.61 Å². The van der Waals surface area contributed by atoms with Gasteiger partial charge in [0.05, 0.1) is 16.1 Å². The first-order valence-corrected chi connectivity index (χ1v) is 8.97. The summed E-state index contributed by atoms with van der Waals surface area (Å²) in [6, 6.07) is 9.66. The second-order valence-electron chi connectivity index (χ2n) is 6.52. The minimum atomic E-state index is -1.07. The van der Waals surface area contributed by atoms with Gasteiger partial charge in [0.1, 0.15) is 11.6 Å². The number of halogens is 3. The van der Waals surface area contributed by atoms with Crippen molar-refractivity contribution in [3.63, 3.8) is 0 Å². The van der Waals surface area contributed by atoms with Gasteiger partial charge in [0, 0.05) is 5.56 Å². The Morgan fingerprint density at radius 2 is 1.81 bits per heavy atom. The Morgan fingerprint density at radius 1 is 1.11 bits per heavy atom. The highest BCUT2D eigenvalue weighted by Gasteiger charge is 2.45. The molecule has 0 aliphatic heterocycles. The molecule has 1 aliphatic carbocycles. The number of carbonyl (C=O) groups is 2. The number of benzene rings is 2. The maximum Gasteiger partial charge on any atom is 0.317 e. The van der Waals surface area contributed by atoms with Crippen LogP contribution in [0.2, 0.25) is 5.02 Å². The van der Waals surface area contributed by atoms with Crippen molar-refractivity contribution in [3.8, 4) is 0 Å². The fraction of sp³-hybridized carbons (Fsp3) is 0.300. The van der Waals surface area contributed by atoms with Crippen LogP contribution in [0.5, 0.6) is 0 Å². The predicted molar refractivity (Wildman–Crippen MR) is 97.5 cm³/mol. The van der Waals surface area contributed by atoms with Crippen LogP contribution < -0.4 is 5.32 Å². The molecule has 1 amide bonds. The van der Waals surface area contributed by atoms with Gasteiger partial charge in [-0.05, 0) is 37.1 Å². The largest absolute Gasteiger partial charge is 0.455 e. The number of carbonyl (C=O) groups excluding carboxylic acids is 2. The highest BCUT2D eigenvalue weighted by molar-refractivity contribution is 6.33. The molecule has 0 saturated heterocycles. The third-order valence-corrected chi connectivity index (χ3v) is 5.09. The van der Waals surface area contributed by atoms with Gasteiger partial charge >= 0.3 is 5.97 Å². The fourth-order valence-electron chi connectivity index (χ4n) is 3.46. The van der Waals surface area contributed by atoms with E-state index in [1.807, 2.05) is 0 Å². The van der Waals surface area contributed by atoms with Crippen molar-refractivity contribution in [1.29, 1.82) is 0 Å². The molecule has 0 unspecified atom stereocenters. The maximum atomic E-state index is 14.3. The molecule has 0 heterocycles. The summed E-state index contributed by atoms with van der Waals surface area (Å²) in [4.78, 5) is 24.8. The van der Waals surface area contributed by atoms with Crippen LogP contribution in [0.15, 0.2) is 42.5 Å². The second-order valence-corrected chi connectivity index (χ2v) is 6.92. The Bertz CT molecular complexity index is 866. The van der Waals surface area contributed by atoms with Gasteiger partial charge in [-0.3, -0.25) is 9.59 Å². The number of rotatable bonds is 5. The normalized spacial score (nSPS) is 15.4. The summed E-state index contributed by atoms with van der Waals surface area (Å²) in [6.45, 7) is -0.539. The standard InChI is InChI=1S/C20H18ClF2NO3/c21-15-11-13(22)7-8-17(15)24-18(25)12-27-19(26)20(9-3-4-10-20)14-5-1-2-6-16(14)23/h1-2,5-8,11H,3-4,9-10,12H2,(H,24,25). The van der Waals surface area contributed by atoms with Crippen LogP contribution in [0, 0.1) is 11.6 Å². The highest BCUT2D eigenvalue weighted by Crippen LogP contribution is 2.43. The molecule has 0 spiro atoms. The molecule has 142 valence electrons. The zero-order valence-electron chi connectivity index (χ0n) is 14.4. The zero-order valence-corrected chi connectivity index (χ0v) is 15.2. The molecule has 4 nitrogen and oxygen atoms in total. The molecule has 3 rings (SSSR count). The molecule has 1 N–H and O–H groups in total. The lowest BCUT2D eigenvalue weighted by molar-refractivity contribution is -0.153. The molecule has 1 aliphatic rings. The van der Waals surface area contributed by atoms with E-state index in [1.165, 1.54) is 12.1 Å². The lowest BCUT2D eigenvalue weighted by Gasteiger charge is -2.27. The van der Waals surface area contributed by atoms with Gasteiger partial charge in [0.2, 0.25) is 0 Å². The molecule has 1 fully saturated rings. The van der Waals surface area contributed by atoms with E-state index in [1.54, 1.807) is 18.2 Å². The Kier molecular flexibility index (Phi) is 5.75. The molecule has 0 radical (unpaired) electrons. The Balaban J connectivity index is 1.68. The quantitative estimate of drug-likeness (QED) is 0.754. The molecule has 7 heteroatoms. The molecule has 2 aromatic carbocycles. The second kappa shape index (κ2) is 8.05. The lowest BCUT2D eigenvalue weighted by atomic mass is 9.78. The average Bonchev–Trinajstić information content (AvgIpc) is 3.13. The van der Waals surface area contributed by atoms with Crippen LogP contribution in [-0.2, 0) is 19.7 Å². The van der Waals surface area contributed by atoms with E-state index >= 15 is 0 Å². The van der Waals surface area contributed by atoms with Crippen molar-refractivity contribution in [2.24, 2.45) is 0 Å². The summed E-state index contributed by atoms with van der Waals surface area (Å²) in [6.07, 6.45) is 2.50. The summed E-state index contributed by atoms with van der Waals surface area (Å²) < 4.78 is 32.5. The average molecular weight is 394 g/mol. The molecule has 0 aromatic heterocycles. The molecule has 0 bridgehead atoms. The van der Waals surface area contributed by atoms with Gasteiger partial charge < -0.3 is 10.1 Å². The number of hydrogen-bond acceptors (Lipinski definition) is 3. The van der Waals surface area contributed by atoms with E-state index in [9.17, 15) is 18.4 Å². The maximum absolute atomic E-state index is 14.3. The number of anilines is 1. The van der Waals surface area contributed by atoms with Crippen LogP contribution in [0.3, 0.4) is 0 Å². The van der Waals surface area contributed by atoms with Crippen molar-refractivity contribution < 1.29 is 23.1 Å². The summed E-state index contributed by atoms with van der Waals surface area (Å²) >= 11 is 5.86. The van der Waals surface area contributed by atoms with Gasteiger partial charge in [-0.25, -0.2) is 8.78 Å². The van der Waals surface area contributed by atoms with Crippen molar-refractivity contribution in [1.82, 2.24) is 0 Å². The van der Waals surface area contributed by atoms with E-state index in [0.717, 1.165) is 25.0 Å². The first kappa shape index (κ1) is 19.3. The van der Waals surface area contributed by atoms with Crippen molar-refractivity contribution in [2.45, 2.75) is 31.1 Å². The number of ether oxygens (including phenoxy) is 1. The van der Waals surface area contributed by atoms with Crippen molar-refractivity contribution >= 4 is 29.2 Å². The molecule has 1 saturated carbocycles. The first-order valence-electron chi connectivity index (χ1n) is 8.59. The van der Waals surface area contributed by atoms with Crippen molar-refractivity contribution in [2.75, 3.05) is 11.9 Å². The molecule has 0 atom stereocenters. The Labute approximate surface area is 160 Å². The van der Waals surface area contributed by atoms with Crippen LogP contribution in [-0.4, -0.2) is 18.5 Å². The third kappa shape index (κ3) is 4.11. The van der Waals surface area contributed by atoms with E-state index in [-0.39, 0.29) is 10.7 Å². The Morgan fingerprint density at radius 3 is 2.48 bits per heavy atom. The lowest BCUT2D eigenvalue weighted by Crippen LogP contribution is -2.37. The number of esters is 1. The van der Waals surface area contributed by atoms with E-state index in [4.69, 9.17) is 16.3 Å². The van der Waals surface area contributed by atoms with E-state index in [0.29, 0.717) is 18.4 Å². The van der Waals surface area contributed by atoms with Crippen LogP contribution in [0.1, 0.15) is 31.2 Å².